The van der Waals surface area contributed by atoms with E-state index in [9.17, 15) is 9.18 Å². The Bertz CT molecular complexity index is 688. The Kier molecular flexibility index (Phi) is 4.46. The van der Waals surface area contributed by atoms with Crippen molar-refractivity contribution in [3.8, 4) is 5.75 Å². The van der Waals surface area contributed by atoms with E-state index in [1.807, 2.05) is 24.3 Å². The summed E-state index contributed by atoms with van der Waals surface area (Å²) in [5, 5.41) is 2.77. The van der Waals surface area contributed by atoms with Crippen LogP contribution in [0.5, 0.6) is 5.75 Å². The van der Waals surface area contributed by atoms with E-state index >= 15 is 0 Å². The number of carbonyl (C=O) groups excluding carboxylic acids is 1. The van der Waals surface area contributed by atoms with Gasteiger partial charge in [-0.15, -0.1) is 0 Å². The molecule has 5 heteroatoms. The second-order valence-electron chi connectivity index (χ2n) is 5.57. The standard InChI is InChI=1S/C18H19FN2O2/c1-23-16-9-7-13(8-10-16)17-6-3-11-21(17)18(22)20-15-5-2-4-14(19)12-15/h2,4-5,7-10,12,17H,3,6,11H2,1H3,(H,20,22)/t17-/m0/s1. The van der Waals surface area contributed by atoms with Crippen LogP contribution in [0.15, 0.2) is 48.5 Å². The predicted molar refractivity (Wildman–Crippen MR) is 87.1 cm³/mol. The van der Waals surface area contributed by atoms with Gasteiger partial charge in [0.25, 0.3) is 0 Å². The molecule has 120 valence electrons. The van der Waals surface area contributed by atoms with Gasteiger partial charge in [0.05, 0.1) is 13.2 Å². The molecular formula is C18H19FN2O2. The highest BCUT2D eigenvalue weighted by atomic mass is 19.1. The molecule has 1 heterocycles. The lowest BCUT2D eigenvalue weighted by Crippen LogP contribution is -2.34. The number of halogens is 1. The fraction of sp³-hybridized carbons (Fsp3) is 0.278. The van der Waals surface area contributed by atoms with Gasteiger partial charge in [0, 0.05) is 12.2 Å². The normalized spacial score (nSPS) is 17.1. The largest absolute Gasteiger partial charge is 0.497 e. The van der Waals surface area contributed by atoms with E-state index < -0.39 is 0 Å². The summed E-state index contributed by atoms with van der Waals surface area (Å²) < 4.78 is 18.4. The summed E-state index contributed by atoms with van der Waals surface area (Å²) in [6, 6.07) is 13.5. The van der Waals surface area contributed by atoms with E-state index in [-0.39, 0.29) is 17.9 Å². The molecule has 1 aliphatic rings. The van der Waals surface area contributed by atoms with E-state index in [2.05, 4.69) is 5.32 Å². The SMILES string of the molecule is COc1ccc([C@@H]2CCCN2C(=O)Nc2cccc(F)c2)cc1. The Hall–Kier alpha value is -2.56. The third kappa shape index (κ3) is 3.44. The summed E-state index contributed by atoms with van der Waals surface area (Å²) in [6.07, 6.45) is 1.87. The number of amides is 2. The lowest BCUT2D eigenvalue weighted by Gasteiger charge is -2.25. The molecule has 1 fully saturated rings. The first kappa shape index (κ1) is 15.3. The van der Waals surface area contributed by atoms with Crippen LogP contribution in [0.3, 0.4) is 0 Å². The van der Waals surface area contributed by atoms with Gasteiger partial charge >= 0.3 is 6.03 Å². The predicted octanol–water partition coefficient (Wildman–Crippen LogP) is 4.20. The number of urea groups is 1. The van der Waals surface area contributed by atoms with Crippen molar-refractivity contribution in [1.29, 1.82) is 0 Å². The smallest absolute Gasteiger partial charge is 0.322 e. The highest BCUT2D eigenvalue weighted by Gasteiger charge is 2.30. The number of likely N-dealkylation sites (tertiary alicyclic amines) is 1. The molecule has 3 rings (SSSR count). The van der Waals surface area contributed by atoms with Crippen LogP contribution >= 0.6 is 0 Å². The molecule has 1 N–H and O–H groups in total. The first-order valence-corrected chi connectivity index (χ1v) is 7.64. The highest BCUT2D eigenvalue weighted by molar-refractivity contribution is 5.89. The zero-order chi connectivity index (χ0) is 16.2. The number of carbonyl (C=O) groups is 1. The zero-order valence-electron chi connectivity index (χ0n) is 13.0. The van der Waals surface area contributed by atoms with Crippen molar-refractivity contribution in [3.05, 3.63) is 59.9 Å². The minimum Gasteiger partial charge on any atom is -0.497 e. The van der Waals surface area contributed by atoms with Gasteiger partial charge in [0.15, 0.2) is 0 Å². The third-order valence-corrected chi connectivity index (χ3v) is 4.09. The number of nitrogens with one attached hydrogen (secondary N) is 1. The average Bonchev–Trinajstić information content (AvgIpc) is 3.05. The molecule has 1 saturated heterocycles. The van der Waals surface area contributed by atoms with E-state index in [0.29, 0.717) is 12.2 Å². The van der Waals surface area contributed by atoms with Gasteiger partial charge in [-0.25, -0.2) is 9.18 Å². The molecule has 0 aliphatic carbocycles. The summed E-state index contributed by atoms with van der Waals surface area (Å²) in [6.45, 7) is 0.692. The maximum Gasteiger partial charge on any atom is 0.322 e. The second kappa shape index (κ2) is 6.69. The molecule has 23 heavy (non-hydrogen) atoms. The first-order valence-electron chi connectivity index (χ1n) is 7.64. The minimum atomic E-state index is -0.365. The molecule has 0 radical (unpaired) electrons. The second-order valence-corrected chi connectivity index (χ2v) is 5.57. The van der Waals surface area contributed by atoms with Crippen molar-refractivity contribution in [1.82, 2.24) is 4.90 Å². The van der Waals surface area contributed by atoms with E-state index in [1.165, 1.54) is 12.1 Å². The number of methoxy groups -OCH3 is 1. The summed E-state index contributed by atoms with van der Waals surface area (Å²) in [7, 11) is 1.63. The van der Waals surface area contributed by atoms with Crippen LogP contribution in [0, 0.1) is 5.82 Å². The van der Waals surface area contributed by atoms with Crippen LogP contribution in [0.25, 0.3) is 0 Å². The molecule has 2 aromatic carbocycles. The molecule has 2 amide bonds. The lowest BCUT2D eigenvalue weighted by molar-refractivity contribution is 0.207. The van der Waals surface area contributed by atoms with E-state index in [1.54, 1.807) is 24.1 Å². The molecule has 0 unspecified atom stereocenters. The van der Waals surface area contributed by atoms with Crippen molar-refractivity contribution >= 4 is 11.7 Å². The fourth-order valence-corrected chi connectivity index (χ4v) is 2.94. The van der Waals surface area contributed by atoms with Gasteiger partial charge in [0.2, 0.25) is 0 Å². The fourth-order valence-electron chi connectivity index (χ4n) is 2.94. The first-order chi connectivity index (χ1) is 11.2. The molecule has 0 aromatic heterocycles. The number of rotatable bonds is 3. The molecule has 0 spiro atoms. The molecule has 1 atom stereocenters. The average molecular weight is 314 g/mol. The molecule has 0 bridgehead atoms. The van der Waals surface area contributed by atoms with Gasteiger partial charge in [-0.2, -0.15) is 0 Å². The van der Waals surface area contributed by atoms with Crippen LogP contribution in [-0.2, 0) is 0 Å². The van der Waals surface area contributed by atoms with Crippen LogP contribution in [0.2, 0.25) is 0 Å². The number of hydrogen-bond acceptors (Lipinski definition) is 2. The molecule has 0 saturated carbocycles. The number of nitrogens with zero attached hydrogens (tertiary/aromatic N) is 1. The van der Waals surface area contributed by atoms with Crippen molar-refractivity contribution < 1.29 is 13.9 Å². The van der Waals surface area contributed by atoms with Crippen LogP contribution in [0.1, 0.15) is 24.4 Å². The van der Waals surface area contributed by atoms with Crippen molar-refractivity contribution in [2.24, 2.45) is 0 Å². The number of anilines is 1. The molecular weight excluding hydrogens is 295 g/mol. The van der Waals surface area contributed by atoms with Crippen molar-refractivity contribution in [3.63, 3.8) is 0 Å². The monoisotopic (exact) mass is 314 g/mol. The van der Waals surface area contributed by atoms with Crippen LogP contribution in [0.4, 0.5) is 14.9 Å². The molecule has 2 aromatic rings. The maximum absolute atomic E-state index is 13.2. The Labute approximate surface area is 134 Å². The van der Waals surface area contributed by atoms with Gasteiger partial charge in [-0.3, -0.25) is 0 Å². The number of hydrogen-bond donors (Lipinski definition) is 1. The Morgan fingerprint density at radius 3 is 2.74 bits per heavy atom. The van der Waals surface area contributed by atoms with E-state index in [0.717, 1.165) is 24.2 Å². The minimum absolute atomic E-state index is 0.0365. The van der Waals surface area contributed by atoms with Gasteiger partial charge in [-0.1, -0.05) is 18.2 Å². The van der Waals surface area contributed by atoms with Crippen LogP contribution in [-0.4, -0.2) is 24.6 Å². The Balaban J connectivity index is 1.73. The van der Waals surface area contributed by atoms with Gasteiger partial charge < -0.3 is 15.0 Å². The number of benzene rings is 2. The summed E-state index contributed by atoms with van der Waals surface area (Å²) in [5.74, 6) is 0.429. The third-order valence-electron chi connectivity index (χ3n) is 4.09. The summed E-state index contributed by atoms with van der Waals surface area (Å²) >= 11 is 0. The highest BCUT2D eigenvalue weighted by Crippen LogP contribution is 2.33. The van der Waals surface area contributed by atoms with Crippen molar-refractivity contribution in [2.75, 3.05) is 19.0 Å². The van der Waals surface area contributed by atoms with Gasteiger partial charge in [-0.05, 0) is 48.7 Å². The summed E-state index contributed by atoms with van der Waals surface area (Å²) in [5.41, 5.74) is 1.55. The van der Waals surface area contributed by atoms with Crippen molar-refractivity contribution in [2.45, 2.75) is 18.9 Å². The quantitative estimate of drug-likeness (QED) is 0.922. The Morgan fingerprint density at radius 1 is 1.26 bits per heavy atom. The van der Waals surface area contributed by atoms with Gasteiger partial charge in [0.1, 0.15) is 11.6 Å². The lowest BCUT2D eigenvalue weighted by atomic mass is 10.0. The van der Waals surface area contributed by atoms with Crippen LogP contribution < -0.4 is 10.1 Å². The zero-order valence-corrected chi connectivity index (χ0v) is 13.0. The molecule has 4 nitrogen and oxygen atoms in total. The molecule has 1 aliphatic heterocycles. The number of ether oxygens (including phenoxy) is 1. The van der Waals surface area contributed by atoms with E-state index in [4.69, 9.17) is 4.74 Å². The Morgan fingerprint density at radius 2 is 2.04 bits per heavy atom. The maximum atomic E-state index is 13.2. The topological polar surface area (TPSA) is 41.6 Å². The summed E-state index contributed by atoms with van der Waals surface area (Å²) in [4.78, 5) is 14.3.